The van der Waals surface area contributed by atoms with Crippen molar-refractivity contribution in [3.8, 4) is 5.75 Å². The van der Waals surface area contributed by atoms with Crippen LogP contribution in [0.25, 0.3) is 0 Å². The first kappa shape index (κ1) is 28.9. The van der Waals surface area contributed by atoms with E-state index in [1.807, 2.05) is 0 Å². The highest BCUT2D eigenvalue weighted by molar-refractivity contribution is 7.92. The summed E-state index contributed by atoms with van der Waals surface area (Å²) in [5.74, 6) is -1.15. The Morgan fingerprint density at radius 2 is 1.66 bits per heavy atom. The van der Waals surface area contributed by atoms with Gasteiger partial charge in [0.25, 0.3) is 10.0 Å². The van der Waals surface area contributed by atoms with Gasteiger partial charge in [0.1, 0.15) is 24.2 Å². The number of benzene rings is 3. The minimum atomic E-state index is -4.28. The summed E-state index contributed by atoms with van der Waals surface area (Å²) in [6.45, 7) is 1.08. The smallest absolute Gasteiger partial charge is 0.264 e. The maximum Gasteiger partial charge on any atom is 0.264 e. The first-order valence-corrected chi connectivity index (χ1v) is 13.6. The number of rotatable bonds is 11. The summed E-state index contributed by atoms with van der Waals surface area (Å²) in [4.78, 5) is 27.7. The molecule has 0 aliphatic heterocycles. The van der Waals surface area contributed by atoms with Gasteiger partial charge in [-0.2, -0.15) is 0 Å². The molecule has 3 aromatic rings. The van der Waals surface area contributed by atoms with Crippen LogP contribution in [0.4, 0.5) is 10.1 Å². The molecule has 0 saturated carbocycles. The number of anilines is 1. The molecule has 0 radical (unpaired) electrons. The molecule has 0 aliphatic rings. The van der Waals surface area contributed by atoms with E-state index in [2.05, 4.69) is 5.32 Å². The summed E-state index contributed by atoms with van der Waals surface area (Å²) in [5.41, 5.74) is 0.678. The molecular weight excluding hydrogens is 533 g/mol. The molecule has 1 atom stereocenters. The van der Waals surface area contributed by atoms with Crippen molar-refractivity contribution in [1.82, 2.24) is 10.2 Å². The van der Waals surface area contributed by atoms with Crippen LogP contribution in [0.1, 0.15) is 18.9 Å². The van der Waals surface area contributed by atoms with E-state index >= 15 is 0 Å². The second-order valence-corrected chi connectivity index (χ2v) is 10.6. The van der Waals surface area contributed by atoms with Gasteiger partial charge < -0.3 is 15.0 Å². The SMILES string of the molecule is CCC(C(=O)NC)N(Cc1ccccc1Cl)C(=O)CN(c1ccc(F)cc1)S(=O)(=O)c1ccc(OC)cc1. The lowest BCUT2D eigenvalue weighted by atomic mass is 10.1. The fourth-order valence-corrected chi connectivity index (χ4v) is 5.52. The molecule has 8 nitrogen and oxygen atoms in total. The topological polar surface area (TPSA) is 96.0 Å². The van der Waals surface area contributed by atoms with Crippen LogP contribution in [0.15, 0.2) is 77.7 Å². The summed E-state index contributed by atoms with van der Waals surface area (Å²) in [5, 5.41) is 2.96. The van der Waals surface area contributed by atoms with Gasteiger partial charge >= 0.3 is 0 Å². The standard InChI is InChI=1S/C27H29ClFN3O5S/c1-4-25(27(34)30-2)31(17-19-7-5-6-8-24(19)28)26(33)18-32(21-11-9-20(29)10-12-21)38(35,36)23-15-13-22(37-3)14-16-23/h5-16,25H,4,17-18H2,1-3H3,(H,30,34). The van der Waals surface area contributed by atoms with Crippen molar-refractivity contribution in [2.75, 3.05) is 25.0 Å². The third-order valence-electron chi connectivity index (χ3n) is 5.97. The van der Waals surface area contributed by atoms with Crippen molar-refractivity contribution < 1.29 is 27.1 Å². The number of ether oxygens (including phenoxy) is 1. The van der Waals surface area contributed by atoms with Crippen LogP contribution in [0.2, 0.25) is 5.02 Å². The van der Waals surface area contributed by atoms with Crippen molar-refractivity contribution in [2.24, 2.45) is 0 Å². The van der Waals surface area contributed by atoms with Crippen molar-refractivity contribution >= 4 is 39.1 Å². The normalized spacial score (nSPS) is 11.9. The molecule has 0 fully saturated rings. The molecule has 1 unspecified atom stereocenters. The molecule has 0 spiro atoms. The Labute approximate surface area is 227 Å². The molecule has 0 aromatic heterocycles. The number of halogens is 2. The fourth-order valence-electron chi connectivity index (χ4n) is 3.91. The number of methoxy groups -OCH3 is 1. The van der Waals surface area contributed by atoms with E-state index in [9.17, 15) is 22.4 Å². The monoisotopic (exact) mass is 561 g/mol. The molecule has 0 heterocycles. The number of amides is 2. The van der Waals surface area contributed by atoms with E-state index < -0.39 is 40.2 Å². The van der Waals surface area contributed by atoms with Crippen molar-refractivity contribution in [3.05, 3.63) is 89.2 Å². The maximum absolute atomic E-state index is 13.8. The van der Waals surface area contributed by atoms with Gasteiger partial charge in [-0.15, -0.1) is 0 Å². The van der Waals surface area contributed by atoms with E-state index in [1.54, 1.807) is 31.2 Å². The minimum absolute atomic E-state index is 0.0235. The number of likely N-dealkylation sites (N-methyl/N-ethyl adjacent to an activating group) is 1. The van der Waals surface area contributed by atoms with Crippen LogP contribution < -0.4 is 14.4 Å². The third kappa shape index (κ3) is 6.62. The largest absolute Gasteiger partial charge is 0.497 e. The van der Waals surface area contributed by atoms with Crippen molar-refractivity contribution in [1.29, 1.82) is 0 Å². The number of hydrogen-bond donors (Lipinski definition) is 1. The Morgan fingerprint density at radius 1 is 1.03 bits per heavy atom. The van der Waals surface area contributed by atoms with Crippen molar-refractivity contribution in [2.45, 2.75) is 30.8 Å². The van der Waals surface area contributed by atoms with Crippen LogP contribution in [0.3, 0.4) is 0 Å². The van der Waals surface area contributed by atoms with Gasteiger partial charge in [0, 0.05) is 18.6 Å². The Morgan fingerprint density at radius 3 is 2.21 bits per heavy atom. The molecule has 0 saturated heterocycles. The number of nitrogens with zero attached hydrogens (tertiary/aromatic N) is 2. The van der Waals surface area contributed by atoms with Gasteiger partial charge in [0.15, 0.2) is 0 Å². The fraction of sp³-hybridized carbons (Fsp3) is 0.259. The van der Waals surface area contributed by atoms with Gasteiger partial charge in [-0.05, 0) is 66.6 Å². The van der Waals surface area contributed by atoms with Crippen molar-refractivity contribution in [3.63, 3.8) is 0 Å². The number of carbonyl (C=O) groups is 2. The molecule has 38 heavy (non-hydrogen) atoms. The Hall–Kier alpha value is -3.63. The van der Waals surface area contributed by atoms with E-state index in [0.29, 0.717) is 16.3 Å². The Balaban J connectivity index is 2.06. The van der Waals surface area contributed by atoms with Gasteiger partial charge in [-0.25, -0.2) is 12.8 Å². The first-order valence-electron chi connectivity index (χ1n) is 11.8. The Bertz CT molecular complexity index is 1370. The van der Waals surface area contributed by atoms with Crippen LogP contribution >= 0.6 is 11.6 Å². The summed E-state index contributed by atoms with van der Waals surface area (Å²) >= 11 is 6.34. The van der Waals surface area contributed by atoms with Gasteiger partial charge in [0.2, 0.25) is 11.8 Å². The zero-order valence-corrected chi connectivity index (χ0v) is 22.8. The van der Waals surface area contributed by atoms with E-state index in [0.717, 1.165) is 16.4 Å². The number of sulfonamides is 1. The lowest BCUT2D eigenvalue weighted by Crippen LogP contribution is -2.51. The lowest BCUT2D eigenvalue weighted by molar-refractivity contribution is -0.140. The summed E-state index contributed by atoms with van der Waals surface area (Å²) in [6, 6.07) is 16.5. The third-order valence-corrected chi connectivity index (χ3v) is 8.13. The first-order chi connectivity index (χ1) is 18.1. The highest BCUT2D eigenvalue weighted by Gasteiger charge is 2.33. The van der Waals surface area contributed by atoms with Crippen LogP contribution in [-0.4, -0.2) is 51.9 Å². The van der Waals surface area contributed by atoms with Gasteiger partial charge in [0.05, 0.1) is 17.7 Å². The summed E-state index contributed by atoms with van der Waals surface area (Å²) < 4.78 is 47.2. The number of hydrogen-bond acceptors (Lipinski definition) is 5. The average Bonchev–Trinajstić information content (AvgIpc) is 2.92. The molecule has 0 bridgehead atoms. The van der Waals surface area contributed by atoms with E-state index in [-0.39, 0.29) is 23.5 Å². The highest BCUT2D eigenvalue weighted by Crippen LogP contribution is 2.27. The lowest BCUT2D eigenvalue weighted by Gasteiger charge is -2.33. The number of nitrogens with one attached hydrogen (secondary N) is 1. The zero-order valence-electron chi connectivity index (χ0n) is 21.2. The molecule has 0 aliphatic carbocycles. The van der Waals surface area contributed by atoms with E-state index in [1.165, 1.54) is 55.5 Å². The van der Waals surface area contributed by atoms with Gasteiger partial charge in [-0.1, -0.05) is 36.7 Å². The maximum atomic E-state index is 13.8. The zero-order chi connectivity index (χ0) is 27.9. The second-order valence-electron chi connectivity index (χ2n) is 8.31. The molecule has 3 aromatic carbocycles. The van der Waals surface area contributed by atoms with E-state index in [4.69, 9.17) is 16.3 Å². The van der Waals surface area contributed by atoms with Crippen LogP contribution in [0, 0.1) is 5.82 Å². The predicted molar refractivity (Wildman–Crippen MR) is 144 cm³/mol. The average molecular weight is 562 g/mol. The second kappa shape index (κ2) is 12.7. The molecule has 1 N–H and O–H groups in total. The predicted octanol–water partition coefficient (Wildman–Crippen LogP) is 4.24. The minimum Gasteiger partial charge on any atom is -0.497 e. The molecular formula is C27H29ClFN3O5S. The summed E-state index contributed by atoms with van der Waals surface area (Å²) in [6.07, 6.45) is 0.275. The number of carbonyl (C=O) groups excluding carboxylic acids is 2. The molecule has 2 amide bonds. The molecule has 3 rings (SSSR count). The van der Waals surface area contributed by atoms with Crippen LogP contribution in [0.5, 0.6) is 5.75 Å². The Kier molecular flexibility index (Phi) is 9.71. The summed E-state index contributed by atoms with van der Waals surface area (Å²) in [7, 11) is -1.36. The van der Waals surface area contributed by atoms with Crippen LogP contribution in [-0.2, 0) is 26.2 Å². The van der Waals surface area contributed by atoms with Gasteiger partial charge in [-0.3, -0.25) is 13.9 Å². The highest BCUT2D eigenvalue weighted by atomic mass is 35.5. The quantitative estimate of drug-likeness (QED) is 0.378. The molecule has 11 heteroatoms. The molecule has 202 valence electrons.